The molecule has 1 aromatic rings. The molecule has 0 N–H and O–H groups in total. The zero-order valence-electron chi connectivity index (χ0n) is 8.17. The molecule has 0 spiro atoms. The Morgan fingerprint density at radius 1 is 1.42 bits per heavy atom. The number of aryl methyl sites for hydroxylation is 1. The van der Waals surface area contributed by atoms with E-state index in [-0.39, 0.29) is 0 Å². The first-order valence-electron chi connectivity index (χ1n) is 4.72. The molecule has 1 heterocycles. The normalized spacial score (nSPS) is 12.9. The van der Waals surface area contributed by atoms with Crippen molar-refractivity contribution >= 4 is 0 Å². The van der Waals surface area contributed by atoms with Crippen molar-refractivity contribution in [3.63, 3.8) is 0 Å². The van der Waals surface area contributed by atoms with Gasteiger partial charge in [-0.15, -0.1) is 0 Å². The van der Waals surface area contributed by atoms with Crippen molar-refractivity contribution < 1.29 is 0 Å². The van der Waals surface area contributed by atoms with Gasteiger partial charge in [0.25, 0.3) is 0 Å². The van der Waals surface area contributed by atoms with Crippen LogP contribution in [0.25, 0.3) is 0 Å². The molecule has 0 aromatic carbocycles. The molecular formula is C11H17N. The SMILES string of the molecule is CCc1ccncc1C(C)CC. The van der Waals surface area contributed by atoms with Gasteiger partial charge in [-0.2, -0.15) is 0 Å². The van der Waals surface area contributed by atoms with Crippen LogP contribution < -0.4 is 0 Å². The van der Waals surface area contributed by atoms with E-state index in [1.807, 2.05) is 12.4 Å². The smallest absolute Gasteiger partial charge is 0.0305 e. The van der Waals surface area contributed by atoms with E-state index in [9.17, 15) is 0 Å². The molecule has 0 bridgehead atoms. The van der Waals surface area contributed by atoms with Crippen LogP contribution in [0, 0.1) is 0 Å². The molecule has 12 heavy (non-hydrogen) atoms. The van der Waals surface area contributed by atoms with Crippen molar-refractivity contribution in [3.05, 3.63) is 29.6 Å². The Kier molecular flexibility index (Phi) is 3.27. The first kappa shape index (κ1) is 9.24. The Balaban J connectivity index is 2.96. The van der Waals surface area contributed by atoms with Crippen LogP contribution in [0.5, 0.6) is 0 Å². The van der Waals surface area contributed by atoms with Gasteiger partial charge in [0.2, 0.25) is 0 Å². The van der Waals surface area contributed by atoms with Gasteiger partial charge in [-0.25, -0.2) is 0 Å². The van der Waals surface area contributed by atoms with Crippen LogP contribution in [0.4, 0.5) is 0 Å². The average molecular weight is 163 g/mol. The van der Waals surface area contributed by atoms with Crippen molar-refractivity contribution in [1.82, 2.24) is 4.98 Å². The Hall–Kier alpha value is -0.850. The fraction of sp³-hybridized carbons (Fsp3) is 0.545. The van der Waals surface area contributed by atoms with Crippen molar-refractivity contribution in [1.29, 1.82) is 0 Å². The maximum atomic E-state index is 4.16. The summed E-state index contributed by atoms with van der Waals surface area (Å²) in [4.78, 5) is 4.16. The standard InChI is InChI=1S/C11H17N/c1-4-9(3)11-8-12-7-6-10(11)5-2/h6-9H,4-5H2,1-3H3. The number of aromatic nitrogens is 1. The lowest BCUT2D eigenvalue weighted by Crippen LogP contribution is -1.97. The van der Waals surface area contributed by atoms with Gasteiger partial charge < -0.3 is 0 Å². The molecule has 1 unspecified atom stereocenters. The number of rotatable bonds is 3. The van der Waals surface area contributed by atoms with Gasteiger partial charge in [-0.3, -0.25) is 4.98 Å². The maximum absolute atomic E-state index is 4.16. The summed E-state index contributed by atoms with van der Waals surface area (Å²) in [7, 11) is 0. The number of hydrogen-bond donors (Lipinski definition) is 0. The van der Waals surface area contributed by atoms with Gasteiger partial charge in [-0.05, 0) is 36.0 Å². The summed E-state index contributed by atoms with van der Waals surface area (Å²) in [6, 6.07) is 2.13. The summed E-state index contributed by atoms with van der Waals surface area (Å²) in [5.41, 5.74) is 2.86. The minimum absolute atomic E-state index is 0.647. The summed E-state index contributed by atoms with van der Waals surface area (Å²) in [6.45, 7) is 6.68. The third kappa shape index (κ3) is 1.84. The van der Waals surface area contributed by atoms with Crippen LogP contribution in [-0.2, 0) is 6.42 Å². The van der Waals surface area contributed by atoms with Gasteiger partial charge in [-0.1, -0.05) is 20.8 Å². The molecule has 1 nitrogen and oxygen atoms in total. The fourth-order valence-corrected chi connectivity index (χ4v) is 1.42. The lowest BCUT2D eigenvalue weighted by atomic mass is 9.95. The number of pyridine rings is 1. The van der Waals surface area contributed by atoms with Crippen LogP contribution in [0.1, 0.15) is 44.2 Å². The predicted molar refractivity (Wildman–Crippen MR) is 52.3 cm³/mol. The lowest BCUT2D eigenvalue weighted by Gasteiger charge is -2.12. The largest absolute Gasteiger partial charge is 0.264 e. The summed E-state index contributed by atoms with van der Waals surface area (Å²) in [5, 5.41) is 0. The highest BCUT2D eigenvalue weighted by Crippen LogP contribution is 2.21. The Bertz CT molecular complexity index is 243. The molecular weight excluding hydrogens is 146 g/mol. The summed E-state index contributed by atoms with van der Waals surface area (Å²) >= 11 is 0. The van der Waals surface area contributed by atoms with E-state index in [1.165, 1.54) is 17.5 Å². The molecule has 1 heteroatoms. The van der Waals surface area contributed by atoms with Crippen molar-refractivity contribution in [2.45, 2.75) is 39.5 Å². The summed E-state index contributed by atoms with van der Waals surface area (Å²) in [6.07, 6.45) is 6.19. The minimum atomic E-state index is 0.647. The van der Waals surface area contributed by atoms with Gasteiger partial charge >= 0.3 is 0 Å². The molecule has 0 aliphatic carbocycles. The van der Waals surface area contributed by atoms with E-state index in [0.29, 0.717) is 5.92 Å². The quantitative estimate of drug-likeness (QED) is 0.667. The maximum Gasteiger partial charge on any atom is 0.0305 e. The minimum Gasteiger partial charge on any atom is -0.264 e. The first-order chi connectivity index (χ1) is 5.79. The summed E-state index contributed by atoms with van der Waals surface area (Å²) in [5.74, 6) is 0.647. The molecule has 0 aliphatic heterocycles. The van der Waals surface area contributed by atoms with E-state index in [0.717, 1.165) is 6.42 Å². The van der Waals surface area contributed by atoms with E-state index in [4.69, 9.17) is 0 Å². The molecule has 0 aliphatic rings. The second-order valence-electron chi connectivity index (χ2n) is 3.24. The molecule has 1 rings (SSSR count). The number of nitrogens with zero attached hydrogens (tertiary/aromatic N) is 1. The van der Waals surface area contributed by atoms with E-state index in [2.05, 4.69) is 31.8 Å². The molecule has 0 amide bonds. The lowest BCUT2D eigenvalue weighted by molar-refractivity contribution is 0.719. The average Bonchev–Trinajstić information content (AvgIpc) is 2.16. The predicted octanol–water partition coefficient (Wildman–Crippen LogP) is 3.16. The van der Waals surface area contributed by atoms with Crippen LogP contribution >= 0.6 is 0 Å². The zero-order valence-corrected chi connectivity index (χ0v) is 8.17. The van der Waals surface area contributed by atoms with E-state index >= 15 is 0 Å². The Labute approximate surface area is 74.8 Å². The van der Waals surface area contributed by atoms with E-state index in [1.54, 1.807) is 0 Å². The third-order valence-electron chi connectivity index (χ3n) is 2.47. The molecule has 0 saturated heterocycles. The van der Waals surface area contributed by atoms with Gasteiger partial charge in [0.05, 0.1) is 0 Å². The van der Waals surface area contributed by atoms with Crippen molar-refractivity contribution in [3.8, 4) is 0 Å². The van der Waals surface area contributed by atoms with Crippen LogP contribution in [0.3, 0.4) is 0 Å². The Morgan fingerprint density at radius 2 is 2.17 bits per heavy atom. The third-order valence-corrected chi connectivity index (χ3v) is 2.47. The van der Waals surface area contributed by atoms with Crippen LogP contribution in [0.2, 0.25) is 0 Å². The van der Waals surface area contributed by atoms with Gasteiger partial charge in [0, 0.05) is 12.4 Å². The molecule has 1 atom stereocenters. The first-order valence-corrected chi connectivity index (χ1v) is 4.72. The number of hydrogen-bond acceptors (Lipinski definition) is 1. The second-order valence-corrected chi connectivity index (χ2v) is 3.24. The highest BCUT2D eigenvalue weighted by atomic mass is 14.6. The molecule has 0 radical (unpaired) electrons. The van der Waals surface area contributed by atoms with Crippen molar-refractivity contribution in [2.75, 3.05) is 0 Å². The Morgan fingerprint density at radius 3 is 2.75 bits per heavy atom. The van der Waals surface area contributed by atoms with Crippen LogP contribution in [-0.4, -0.2) is 4.98 Å². The second kappa shape index (κ2) is 4.24. The highest BCUT2D eigenvalue weighted by Gasteiger charge is 2.06. The molecule has 1 aromatic heterocycles. The summed E-state index contributed by atoms with van der Waals surface area (Å²) < 4.78 is 0. The molecule has 66 valence electrons. The van der Waals surface area contributed by atoms with Crippen LogP contribution in [0.15, 0.2) is 18.5 Å². The molecule has 0 fully saturated rings. The zero-order chi connectivity index (χ0) is 8.97. The molecule has 0 saturated carbocycles. The van der Waals surface area contributed by atoms with Gasteiger partial charge in [0.15, 0.2) is 0 Å². The topological polar surface area (TPSA) is 12.9 Å². The van der Waals surface area contributed by atoms with Gasteiger partial charge in [0.1, 0.15) is 0 Å². The van der Waals surface area contributed by atoms with E-state index < -0.39 is 0 Å². The van der Waals surface area contributed by atoms with Crippen molar-refractivity contribution in [2.24, 2.45) is 0 Å². The highest BCUT2D eigenvalue weighted by molar-refractivity contribution is 5.26. The monoisotopic (exact) mass is 163 g/mol. The fourth-order valence-electron chi connectivity index (χ4n) is 1.42.